The first-order valence-corrected chi connectivity index (χ1v) is 7.97. The maximum absolute atomic E-state index is 13.5. The molecule has 0 atom stereocenters. The lowest BCUT2D eigenvalue weighted by Crippen LogP contribution is -2.21. The third-order valence-electron chi connectivity index (χ3n) is 3.83. The third-order valence-corrected chi connectivity index (χ3v) is 3.83. The summed E-state index contributed by atoms with van der Waals surface area (Å²) in [5.41, 5.74) is -0.0438. The van der Waals surface area contributed by atoms with Crippen molar-refractivity contribution in [1.29, 1.82) is 0 Å². The van der Waals surface area contributed by atoms with E-state index in [1.54, 1.807) is 12.1 Å². The summed E-state index contributed by atoms with van der Waals surface area (Å²) in [6.07, 6.45) is 0. The van der Waals surface area contributed by atoms with Crippen LogP contribution in [0.2, 0.25) is 0 Å². The molecule has 0 aromatic heterocycles. The molecule has 0 unspecified atom stereocenters. The van der Waals surface area contributed by atoms with Crippen LogP contribution in [-0.2, 0) is 9.53 Å². The predicted molar refractivity (Wildman–Crippen MR) is 95.8 cm³/mol. The smallest absolute Gasteiger partial charge is 0.342 e. The highest BCUT2D eigenvalue weighted by Gasteiger charge is 2.17. The Morgan fingerprint density at radius 2 is 1.70 bits per heavy atom. The van der Waals surface area contributed by atoms with Gasteiger partial charge in [0.05, 0.1) is 12.8 Å². The van der Waals surface area contributed by atoms with Crippen molar-refractivity contribution in [2.75, 3.05) is 19.0 Å². The van der Waals surface area contributed by atoms with Crippen LogP contribution in [0, 0.1) is 11.6 Å². The van der Waals surface area contributed by atoms with Gasteiger partial charge >= 0.3 is 5.97 Å². The normalized spacial score (nSPS) is 10.5. The second-order valence-corrected chi connectivity index (χ2v) is 5.65. The number of rotatable bonds is 5. The number of carbonyl (C=O) groups excluding carboxylic acids is 2. The standard InChI is InChI=1S/C20H15F2NO4/c1-26-18-9-13-5-3-2-4-12(13)8-15(18)20(25)27-11-19(24)23-17-7-6-14(21)10-16(17)22/h2-10H,11H2,1H3,(H,23,24). The Balaban J connectivity index is 1.70. The van der Waals surface area contributed by atoms with Gasteiger partial charge in [0.25, 0.3) is 5.91 Å². The minimum absolute atomic E-state index is 0.164. The lowest BCUT2D eigenvalue weighted by atomic mass is 10.1. The molecule has 0 fully saturated rings. The molecule has 0 aliphatic heterocycles. The van der Waals surface area contributed by atoms with Crippen molar-refractivity contribution in [2.45, 2.75) is 0 Å². The molecule has 3 aromatic rings. The first-order valence-electron chi connectivity index (χ1n) is 7.97. The second kappa shape index (κ2) is 7.82. The summed E-state index contributed by atoms with van der Waals surface area (Å²) in [5.74, 6) is -2.89. The van der Waals surface area contributed by atoms with Crippen molar-refractivity contribution in [1.82, 2.24) is 0 Å². The molecule has 0 radical (unpaired) electrons. The van der Waals surface area contributed by atoms with E-state index in [1.165, 1.54) is 7.11 Å². The van der Waals surface area contributed by atoms with Gasteiger partial charge in [-0.25, -0.2) is 13.6 Å². The van der Waals surface area contributed by atoms with Gasteiger partial charge < -0.3 is 14.8 Å². The number of fused-ring (bicyclic) bond motifs is 1. The molecule has 0 aliphatic carbocycles. The van der Waals surface area contributed by atoms with Gasteiger partial charge in [-0.15, -0.1) is 0 Å². The molecule has 5 nitrogen and oxygen atoms in total. The van der Waals surface area contributed by atoms with E-state index in [9.17, 15) is 18.4 Å². The molecule has 1 amide bonds. The number of hydrogen-bond acceptors (Lipinski definition) is 4. The average Bonchev–Trinajstić information content (AvgIpc) is 2.67. The number of nitrogens with one attached hydrogen (secondary N) is 1. The minimum atomic E-state index is -0.925. The average molecular weight is 371 g/mol. The summed E-state index contributed by atoms with van der Waals surface area (Å²) in [4.78, 5) is 24.2. The molecule has 0 spiro atoms. The molecule has 0 saturated carbocycles. The van der Waals surface area contributed by atoms with Gasteiger partial charge in [0.1, 0.15) is 22.9 Å². The van der Waals surface area contributed by atoms with E-state index < -0.39 is 30.1 Å². The van der Waals surface area contributed by atoms with Crippen LogP contribution in [0.3, 0.4) is 0 Å². The van der Waals surface area contributed by atoms with Gasteiger partial charge in [-0.05, 0) is 35.0 Å². The monoisotopic (exact) mass is 371 g/mol. The Bertz CT molecular complexity index is 1020. The second-order valence-electron chi connectivity index (χ2n) is 5.65. The lowest BCUT2D eigenvalue weighted by Gasteiger charge is -2.11. The number of amides is 1. The van der Waals surface area contributed by atoms with E-state index >= 15 is 0 Å². The zero-order valence-corrected chi connectivity index (χ0v) is 14.3. The molecule has 0 aliphatic rings. The summed E-state index contributed by atoms with van der Waals surface area (Å²) >= 11 is 0. The Hall–Kier alpha value is -3.48. The molecule has 3 rings (SSSR count). The molecule has 0 bridgehead atoms. The number of anilines is 1. The highest BCUT2D eigenvalue weighted by atomic mass is 19.1. The quantitative estimate of drug-likeness (QED) is 0.691. The molecule has 138 valence electrons. The van der Waals surface area contributed by atoms with E-state index in [0.29, 0.717) is 11.8 Å². The number of esters is 1. The van der Waals surface area contributed by atoms with Crippen LogP contribution in [0.5, 0.6) is 5.75 Å². The molecule has 3 aromatic carbocycles. The summed E-state index contributed by atoms with van der Waals surface area (Å²) in [6, 6.07) is 13.4. The highest BCUT2D eigenvalue weighted by Crippen LogP contribution is 2.26. The number of hydrogen-bond donors (Lipinski definition) is 1. The highest BCUT2D eigenvalue weighted by molar-refractivity contribution is 6.00. The molecule has 0 heterocycles. The first kappa shape index (κ1) is 18.3. The third kappa shape index (κ3) is 4.20. The van der Waals surface area contributed by atoms with Gasteiger partial charge in [-0.1, -0.05) is 24.3 Å². The largest absolute Gasteiger partial charge is 0.496 e. The lowest BCUT2D eigenvalue weighted by molar-refractivity contribution is -0.119. The maximum atomic E-state index is 13.5. The molecule has 7 heteroatoms. The molecule has 1 N–H and O–H groups in total. The fourth-order valence-electron chi connectivity index (χ4n) is 2.53. The minimum Gasteiger partial charge on any atom is -0.496 e. The van der Waals surface area contributed by atoms with Gasteiger partial charge in [0.2, 0.25) is 0 Å². The fraction of sp³-hybridized carbons (Fsp3) is 0.100. The van der Waals surface area contributed by atoms with Crippen LogP contribution in [0.4, 0.5) is 14.5 Å². The van der Waals surface area contributed by atoms with Crippen LogP contribution >= 0.6 is 0 Å². The van der Waals surface area contributed by atoms with Gasteiger partial charge in [0.15, 0.2) is 6.61 Å². The number of ether oxygens (including phenoxy) is 2. The molecular formula is C20H15F2NO4. The maximum Gasteiger partial charge on any atom is 0.342 e. The SMILES string of the molecule is COc1cc2ccccc2cc1C(=O)OCC(=O)Nc1ccc(F)cc1F. The predicted octanol–water partition coefficient (Wildman–Crippen LogP) is 3.92. The van der Waals surface area contributed by atoms with Crippen LogP contribution in [0.25, 0.3) is 10.8 Å². The summed E-state index contributed by atoms with van der Waals surface area (Å²) < 4.78 is 36.6. The van der Waals surface area contributed by atoms with Crippen molar-refractivity contribution in [3.05, 3.63) is 71.8 Å². The zero-order valence-electron chi connectivity index (χ0n) is 14.3. The van der Waals surface area contributed by atoms with Crippen molar-refractivity contribution < 1.29 is 27.8 Å². The fourth-order valence-corrected chi connectivity index (χ4v) is 2.53. The van der Waals surface area contributed by atoms with Crippen molar-refractivity contribution >= 4 is 28.3 Å². The molecular weight excluding hydrogens is 356 g/mol. The van der Waals surface area contributed by atoms with Crippen LogP contribution in [0.15, 0.2) is 54.6 Å². The van der Waals surface area contributed by atoms with E-state index in [-0.39, 0.29) is 11.3 Å². The summed E-state index contributed by atoms with van der Waals surface area (Å²) in [5, 5.41) is 3.91. The van der Waals surface area contributed by atoms with Crippen LogP contribution < -0.4 is 10.1 Å². The number of methoxy groups -OCH3 is 1. The number of benzene rings is 3. The molecule has 27 heavy (non-hydrogen) atoms. The number of halogens is 2. The van der Waals surface area contributed by atoms with Crippen LogP contribution in [0.1, 0.15) is 10.4 Å². The van der Waals surface area contributed by atoms with E-state index in [1.807, 2.05) is 24.3 Å². The zero-order chi connectivity index (χ0) is 19.4. The number of carbonyl (C=O) groups is 2. The van der Waals surface area contributed by atoms with Crippen LogP contribution in [-0.4, -0.2) is 25.6 Å². The Morgan fingerprint density at radius 3 is 2.37 bits per heavy atom. The van der Waals surface area contributed by atoms with Crippen molar-refractivity contribution in [2.24, 2.45) is 0 Å². The summed E-state index contributed by atoms with van der Waals surface area (Å²) in [6.45, 7) is -0.633. The van der Waals surface area contributed by atoms with E-state index in [4.69, 9.17) is 9.47 Å². The topological polar surface area (TPSA) is 64.6 Å². The van der Waals surface area contributed by atoms with Gasteiger partial charge in [-0.2, -0.15) is 0 Å². The van der Waals surface area contributed by atoms with Gasteiger partial charge in [0, 0.05) is 6.07 Å². The van der Waals surface area contributed by atoms with Crippen molar-refractivity contribution in [3.63, 3.8) is 0 Å². The van der Waals surface area contributed by atoms with Gasteiger partial charge in [-0.3, -0.25) is 4.79 Å². The molecule has 0 saturated heterocycles. The Kier molecular flexibility index (Phi) is 5.30. The Labute approximate surface area is 153 Å². The summed E-state index contributed by atoms with van der Waals surface area (Å²) in [7, 11) is 1.42. The first-order chi connectivity index (χ1) is 13.0. The van der Waals surface area contributed by atoms with E-state index in [0.717, 1.165) is 22.9 Å². The van der Waals surface area contributed by atoms with Crippen molar-refractivity contribution in [3.8, 4) is 5.75 Å². The Morgan fingerprint density at radius 1 is 1.00 bits per heavy atom. The van der Waals surface area contributed by atoms with E-state index in [2.05, 4.69) is 5.32 Å².